The zero-order chi connectivity index (χ0) is 26.6. The van der Waals surface area contributed by atoms with E-state index < -0.39 is 40.5 Å². The van der Waals surface area contributed by atoms with Crippen LogP contribution in [-0.2, 0) is 30.3 Å². The summed E-state index contributed by atoms with van der Waals surface area (Å²) in [6.07, 6.45) is -5.51. The van der Waals surface area contributed by atoms with Gasteiger partial charge in [-0.05, 0) is 26.3 Å². The molecular weight excluding hydrogens is 477 g/mol. The number of amides is 2. The molecule has 0 heterocycles. The average Bonchev–Trinajstić information content (AvgIpc) is 2.73. The highest BCUT2D eigenvalue weighted by Crippen LogP contribution is 2.16. The molecule has 2 amide bonds. The minimum Gasteiger partial charge on any atom is -0.459 e. The van der Waals surface area contributed by atoms with Gasteiger partial charge in [-0.2, -0.15) is 13.2 Å². The molecule has 0 aromatic heterocycles. The molecule has 0 saturated carbocycles. The van der Waals surface area contributed by atoms with Crippen LogP contribution >= 0.6 is 0 Å². The van der Waals surface area contributed by atoms with E-state index in [0.717, 1.165) is 12.1 Å². The van der Waals surface area contributed by atoms with Gasteiger partial charge in [0.2, 0.25) is 5.91 Å². The number of alkyl halides is 3. The van der Waals surface area contributed by atoms with E-state index in [4.69, 9.17) is 9.47 Å². The molecular formula is C21H29F3N4O7. The van der Waals surface area contributed by atoms with Gasteiger partial charge in [-0.25, -0.2) is 0 Å². The number of nitrogens with one attached hydrogen (secondary N) is 3. The molecule has 14 heteroatoms. The maximum atomic E-state index is 12.7. The molecule has 0 fully saturated rings. The molecule has 196 valence electrons. The summed E-state index contributed by atoms with van der Waals surface area (Å²) in [7, 11) is 0. The lowest BCUT2D eigenvalue weighted by molar-refractivity contribution is -0.384. The molecule has 1 aromatic rings. The summed E-state index contributed by atoms with van der Waals surface area (Å²) in [4.78, 5) is 45.4. The van der Waals surface area contributed by atoms with Crippen LogP contribution in [0.3, 0.4) is 0 Å². The highest BCUT2D eigenvalue weighted by atomic mass is 19.4. The molecule has 35 heavy (non-hydrogen) atoms. The Morgan fingerprint density at radius 1 is 1.06 bits per heavy atom. The monoisotopic (exact) mass is 506 g/mol. The van der Waals surface area contributed by atoms with Crippen molar-refractivity contribution in [2.75, 3.05) is 32.8 Å². The van der Waals surface area contributed by atoms with Crippen LogP contribution in [0.5, 0.6) is 0 Å². The van der Waals surface area contributed by atoms with Crippen LogP contribution in [0.1, 0.15) is 26.3 Å². The summed E-state index contributed by atoms with van der Waals surface area (Å²) >= 11 is 0. The Morgan fingerprint density at radius 2 is 1.66 bits per heavy atom. The van der Waals surface area contributed by atoms with E-state index in [2.05, 4.69) is 10.6 Å². The van der Waals surface area contributed by atoms with E-state index in [0.29, 0.717) is 12.1 Å². The van der Waals surface area contributed by atoms with Gasteiger partial charge in [0, 0.05) is 31.6 Å². The number of halogens is 3. The normalized spacial score (nSPS) is 12.5. The Kier molecular flexibility index (Phi) is 11.6. The molecule has 0 aliphatic carbocycles. The molecule has 11 nitrogen and oxygen atoms in total. The first-order chi connectivity index (χ1) is 16.2. The van der Waals surface area contributed by atoms with Gasteiger partial charge in [0.15, 0.2) is 0 Å². The number of nitro groups is 1. The molecule has 0 unspecified atom stereocenters. The number of ether oxygens (including phenoxy) is 2. The maximum absolute atomic E-state index is 12.7. The highest BCUT2D eigenvalue weighted by Gasteiger charge is 2.40. The average molecular weight is 506 g/mol. The Balaban J connectivity index is 2.49. The van der Waals surface area contributed by atoms with Crippen LogP contribution in [-0.4, -0.2) is 73.4 Å². The van der Waals surface area contributed by atoms with Crippen molar-refractivity contribution in [3.63, 3.8) is 0 Å². The standard InChI is InChI=1S/C21H29F3N4O7/c1-20(2,3)35-17(29)13-25-8-10-34-11-9-26-18(30)16(27-19(31)21(22,23)24)12-14-4-6-15(7-5-14)28(32)33/h4-7,16,25H,8-13H2,1-3H3,(H,26,30)(H,27,31)/t16-/m0/s1. The van der Waals surface area contributed by atoms with E-state index in [-0.39, 0.29) is 38.4 Å². The number of esters is 1. The van der Waals surface area contributed by atoms with Crippen molar-refractivity contribution in [1.29, 1.82) is 0 Å². The Bertz CT molecular complexity index is 871. The number of rotatable bonds is 13. The molecule has 0 aliphatic heterocycles. The van der Waals surface area contributed by atoms with Crippen LogP contribution in [0.2, 0.25) is 0 Å². The van der Waals surface area contributed by atoms with Crippen molar-refractivity contribution < 1.29 is 42.0 Å². The second-order valence-electron chi connectivity index (χ2n) is 8.32. The molecule has 1 aromatic carbocycles. The fraction of sp³-hybridized carbons (Fsp3) is 0.571. The predicted molar refractivity (Wildman–Crippen MR) is 117 cm³/mol. The lowest BCUT2D eigenvalue weighted by atomic mass is 10.0. The molecule has 0 bridgehead atoms. The van der Waals surface area contributed by atoms with Gasteiger partial charge in [0.25, 0.3) is 5.69 Å². The lowest BCUT2D eigenvalue weighted by Crippen LogP contribution is -2.52. The molecule has 0 spiro atoms. The first kappa shape index (κ1) is 29.8. The second kappa shape index (κ2) is 13.6. The number of benzene rings is 1. The SMILES string of the molecule is CC(C)(C)OC(=O)CNCCOCCNC(=O)[C@H](Cc1ccc([N+](=O)[O-])cc1)NC(=O)C(F)(F)F. The van der Waals surface area contributed by atoms with Crippen LogP contribution in [0, 0.1) is 10.1 Å². The summed E-state index contributed by atoms with van der Waals surface area (Å²) in [5.41, 5.74) is -0.513. The van der Waals surface area contributed by atoms with E-state index in [1.54, 1.807) is 26.1 Å². The minimum absolute atomic E-state index is 0.0133. The van der Waals surface area contributed by atoms with Gasteiger partial charge in [0.1, 0.15) is 11.6 Å². The van der Waals surface area contributed by atoms with Crippen molar-refractivity contribution in [1.82, 2.24) is 16.0 Å². The van der Waals surface area contributed by atoms with Crippen molar-refractivity contribution in [2.45, 2.75) is 45.0 Å². The largest absolute Gasteiger partial charge is 0.471 e. The molecule has 1 rings (SSSR count). The number of nitro benzene ring substituents is 1. The smallest absolute Gasteiger partial charge is 0.459 e. The predicted octanol–water partition coefficient (Wildman–Crippen LogP) is 1.25. The third-order valence-corrected chi connectivity index (χ3v) is 4.12. The zero-order valence-electron chi connectivity index (χ0n) is 19.6. The Morgan fingerprint density at radius 3 is 2.20 bits per heavy atom. The summed E-state index contributed by atoms with van der Waals surface area (Å²) in [6, 6.07) is 3.28. The fourth-order valence-electron chi connectivity index (χ4n) is 2.62. The lowest BCUT2D eigenvalue weighted by Gasteiger charge is -2.20. The number of carbonyl (C=O) groups excluding carboxylic acids is 3. The van der Waals surface area contributed by atoms with Crippen LogP contribution in [0.15, 0.2) is 24.3 Å². The fourth-order valence-corrected chi connectivity index (χ4v) is 2.62. The molecule has 1 atom stereocenters. The van der Waals surface area contributed by atoms with Crippen molar-refractivity contribution in [3.8, 4) is 0 Å². The van der Waals surface area contributed by atoms with Gasteiger partial charge in [-0.1, -0.05) is 12.1 Å². The number of hydrogen-bond acceptors (Lipinski definition) is 8. The van der Waals surface area contributed by atoms with E-state index in [1.807, 2.05) is 0 Å². The van der Waals surface area contributed by atoms with Gasteiger partial charge in [0.05, 0.1) is 24.7 Å². The van der Waals surface area contributed by atoms with E-state index in [1.165, 1.54) is 12.1 Å². The van der Waals surface area contributed by atoms with Crippen molar-refractivity contribution in [2.24, 2.45) is 0 Å². The molecule has 0 radical (unpaired) electrons. The van der Waals surface area contributed by atoms with Gasteiger partial charge in [-0.3, -0.25) is 24.5 Å². The van der Waals surface area contributed by atoms with Crippen molar-refractivity contribution >= 4 is 23.5 Å². The number of non-ortho nitro benzene ring substituents is 1. The Hall–Kier alpha value is -3.26. The van der Waals surface area contributed by atoms with Crippen molar-refractivity contribution in [3.05, 3.63) is 39.9 Å². The van der Waals surface area contributed by atoms with Crippen LogP contribution < -0.4 is 16.0 Å². The topological polar surface area (TPSA) is 149 Å². The van der Waals surface area contributed by atoms with Gasteiger partial charge < -0.3 is 25.4 Å². The summed E-state index contributed by atoms with van der Waals surface area (Å²) in [6.45, 7) is 5.70. The minimum atomic E-state index is -5.19. The molecule has 0 saturated heterocycles. The van der Waals surface area contributed by atoms with E-state index >= 15 is 0 Å². The highest BCUT2D eigenvalue weighted by molar-refractivity contribution is 5.90. The first-order valence-electron chi connectivity index (χ1n) is 10.6. The summed E-state index contributed by atoms with van der Waals surface area (Å²) in [5.74, 6) is -3.59. The first-order valence-corrected chi connectivity index (χ1v) is 10.6. The quantitative estimate of drug-likeness (QED) is 0.157. The molecule has 3 N–H and O–H groups in total. The number of hydrogen-bond donors (Lipinski definition) is 3. The third kappa shape index (κ3) is 12.7. The Labute approximate surface area is 199 Å². The van der Waals surface area contributed by atoms with Crippen LogP contribution in [0.25, 0.3) is 0 Å². The zero-order valence-corrected chi connectivity index (χ0v) is 19.6. The van der Waals surface area contributed by atoms with E-state index in [9.17, 15) is 37.7 Å². The van der Waals surface area contributed by atoms with Crippen LogP contribution in [0.4, 0.5) is 18.9 Å². The summed E-state index contributed by atoms with van der Waals surface area (Å²) in [5, 5.41) is 17.6. The molecule has 0 aliphatic rings. The second-order valence-corrected chi connectivity index (χ2v) is 8.32. The third-order valence-electron chi connectivity index (χ3n) is 4.12. The summed E-state index contributed by atoms with van der Waals surface area (Å²) < 4.78 is 48.4. The van der Waals surface area contributed by atoms with Gasteiger partial charge in [-0.15, -0.1) is 0 Å². The number of nitrogens with zero attached hydrogens (tertiary/aromatic N) is 1. The maximum Gasteiger partial charge on any atom is 0.471 e. The van der Waals surface area contributed by atoms with Gasteiger partial charge >= 0.3 is 18.1 Å². The number of carbonyl (C=O) groups is 3.